The lowest BCUT2D eigenvalue weighted by Crippen LogP contribution is -2.16. The fourth-order valence-corrected chi connectivity index (χ4v) is 1.96. The fourth-order valence-electron chi connectivity index (χ4n) is 1.96. The molecule has 0 saturated heterocycles. The third-order valence-corrected chi connectivity index (χ3v) is 2.99. The van der Waals surface area contributed by atoms with Gasteiger partial charge in [-0.3, -0.25) is 0 Å². The lowest BCUT2D eigenvalue weighted by molar-refractivity contribution is 0.185. The lowest BCUT2D eigenvalue weighted by Gasteiger charge is -2.06. The molecule has 19 heavy (non-hydrogen) atoms. The Morgan fingerprint density at radius 3 is 2.68 bits per heavy atom. The number of aryl methyl sites for hydroxylation is 1. The number of benzene rings is 1. The van der Waals surface area contributed by atoms with Gasteiger partial charge in [-0.1, -0.05) is 24.3 Å². The fraction of sp³-hybridized carbons (Fsp3) is 0.400. The van der Waals surface area contributed by atoms with Crippen molar-refractivity contribution in [3.05, 3.63) is 54.1 Å². The smallest absolute Gasteiger partial charge is 0.0945 e. The van der Waals surface area contributed by atoms with E-state index in [4.69, 9.17) is 4.74 Å². The summed E-state index contributed by atoms with van der Waals surface area (Å²) in [5, 5.41) is 3.45. The molecule has 0 unspecified atom stereocenters. The van der Waals surface area contributed by atoms with Crippen LogP contribution in [0.15, 0.2) is 43.0 Å². The van der Waals surface area contributed by atoms with Crippen LogP contribution in [0.4, 0.5) is 0 Å². The maximum atomic E-state index is 5.09. The van der Waals surface area contributed by atoms with E-state index in [0.29, 0.717) is 6.61 Å². The van der Waals surface area contributed by atoms with E-state index in [1.165, 1.54) is 11.1 Å². The van der Waals surface area contributed by atoms with E-state index >= 15 is 0 Å². The molecule has 0 fully saturated rings. The highest BCUT2D eigenvalue weighted by Gasteiger charge is 1.95. The second kappa shape index (κ2) is 7.71. The molecule has 0 aliphatic heterocycles. The molecule has 1 aromatic heterocycles. The number of rotatable bonds is 8. The van der Waals surface area contributed by atoms with Crippen molar-refractivity contribution in [1.29, 1.82) is 0 Å². The molecule has 2 aromatic rings. The Balaban J connectivity index is 1.62. The Labute approximate surface area is 114 Å². The van der Waals surface area contributed by atoms with Crippen molar-refractivity contribution >= 4 is 0 Å². The summed E-state index contributed by atoms with van der Waals surface area (Å²) >= 11 is 0. The Bertz CT molecular complexity index is 451. The molecule has 0 atom stereocenters. The molecule has 2 rings (SSSR count). The summed E-state index contributed by atoms with van der Waals surface area (Å²) in [6.45, 7) is 3.62. The van der Waals surface area contributed by atoms with Crippen molar-refractivity contribution in [1.82, 2.24) is 14.9 Å². The molecule has 0 radical (unpaired) electrons. The van der Waals surface area contributed by atoms with Crippen molar-refractivity contribution in [2.75, 3.05) is 13.7 Å². The quantitative estimate of drug-likeness (QED) is 0.739. The van der Waals surface area contributed by atoms with Gasteiger partial charge in [-0.25, -0.2) is 4.98 Å². The summed E-state index contributed by atoms with van der Waals surface area (Å²) in [5.41, 5.74) is 2.52. The molecular formula is C15H21N3O. The molecule has 1 aromatic carbocycles. The van der Waals surface area contributed by atoms with E-state index in [9.17, 15) is 0 Å². The third-order valence-electron chi connectivity index (χ3n) is 2.99. The van der Waals surface area contributed by atoms with Gasteiger partial charge in [-0.2, -0.15) is 0 Å². The van der Waals surface area contributed by atoms with Crippen LogP contribution in [0.1, 0.15) is 17.5 Å². The number of aromatic nitrogens is 2. The molecule has 1 N–H and O–H groups in total. The number of imidazole rings is 1. The highest BCUT2D eigenvalue weighted by atomic mass is 16.5. The summed E-state index contributed by atoms with van der Waals surface area (Å²) in [7, 11) is 1.72. The first kappa shape index (κ1) is 13.8. The van der Waals surface area contributed by atoms with Gasteiger partial charge in [0.2, 0.25) is 0 Å². The Morgan fingerprint density at radius 2 is 2.00 bits per heavy atom. The highest BCUT2D eigenvalue weighted by molar-refractivity contribution is 5.21. The number of nitrogens with one attached hydrogen (secondary N) is 1. The van der Waals surface area contributed by atoms with Gasteiger partial charge in [-0.05, 0) is 24.1 Å². The summed E-state index contributed by atoms with van der Waals surface area (Å²) in [6, 6.07) is 8.53. The minimum Gasteiger partial charge on any atom is -0.380 e. The average Bonchev–Trinajstić information content (AvgIpc) is 2.94. The SMILES string of the molecule is COCc1ccc(CNCCCn2ccnc2)cc1. The second-order valence-electron chi connectivity index (χ2n) is 4.58. The summed E-state index contributed by atoms with van der Waals surface area (Å²) in [4.78, 5) is 4.02. The zero-order valence-corrected chi connectivity index (χ0v) is 11.4. The molecule has 1 heterocycles. The molecule has 0 aliphatic carbocycles. The number of hydrogen-bond donors (Lipinski definition) is 1. The number of hydrogen-bond acceptors (Lipinski definition) is 3. The minimum absolute atomic E-state index is 0.679. The number of methoxy groups -OCH3 is 1. The minimum atomic E-state index is 0.679. The molecule has 0 aliphatic rings. The maximum absolute atomic E-state index is 5.09. The standard InChI is InChI=1S/C15H21N3O/c1-19-12-15-5-3-14(4-6-15)11-16-7-2-9-18-10-8-17-13-18/h3-6,8,10,13,16H,2,7,9,11-12H2,1H3. The van der Waals surface area contributed by atoms with Gasteiger partial charge in [-0.15, -0.1) is 0 Å². The Hall–Kier alpha value is -1.65. The summed E-state index contributed by atoms with van der Waals surface area (Å²) in [6.07, 6.45) is 6.77. The van der Waals surface area contributed by atoms with E-state index in [1.54, 1.807) is 7.11 Å². The first-order valence-corrected chi connectivity index (χ1v) is 6.61. The van der Waals surface area contributed by atoms with Gasteiger partial charge in [0.1, 0.15) is 0 Å². The zero-order chi connectivity index (χ0) is 13.3. The average molecular weight is 259 g/mol. The van der Waals surface area contributed by atoms with E-state index in [1.807, 2.05) is 18.7 Å². The summed E-state index contributed by atoms with van der Waals surface area (Å²) in [5.74, 6) is 0. The molecule has 0 saturated carbocycles. The van der Waals surface area contributed by atoms with Crippen LogP contribution in [0.5, 0.6) is 0 Å². The van der Waals surface area contributed by atoms with Gasteiger partial charge in [0.05, 0.1) is 12.9 Å². The van der Waals surface area contributed by atoms with Crippen LogP contribution in [-0.2, 0) is 24.4 Å². The van der Waals surface area contributed by atoms with Gasteiger partial charge >= 0.3 is 0 Å². The zero-order valence-electron chi connectivity index (χ0n) is 11.4. The van der Waals surface area contributed by atoms with Crippen molar-refractivity contribution in [3.63, 3.8) is 0 Å². The molecular weight excluding hydrogens is 238 g/mol. The first-order valence-electron chi connectivity index (χ1n) is 6.61. The molecule has 102 valence electrons. The van der Waals surface area contributed by atoms with Crippen molar-refractivity contribution in [3.8, 4) is 0 Å². The first-order chi connectivity index (χ1) is 9.38. The highest BCUT2D eigenvalue weighted by Crippen LogP contribution is 2.05. The Morgan fingerprint density at radius 1 is 1.21 bits per heavy atom. The van der Waals surface area contributed by atoms with Crippen LogP contribution in [0, 0.1) is 0 Å². The molecule has 0 bridgehead atoms. The van der Waals surface area contributed by atoms with Crippen LogP contribution in [-0.4, -0.2) is 23.2 Å². The van der Waals surface area contributed by atoms with Crippen LogP contribution in [0.2, 0.25) is 0 Å². The molecule has 4 heteroatoms. The topological polar surface area (TPSA) is 39.1 Å². The van der Waals surface area contributed by atoms with E-state index in [2.05, 4.69) is 39.1 Å². The molecule has 0 amide bonds. The summed E-state index contributed by atoms with van der Waals surface area (Å²) < 4.78 is 7.19. The van der Waals surface area contributed by atoms with Crippen molar-refractivity contribution in [2.45, 2.75) is 26.1 Å². The van der Waals surface area contributed by atoms with Gasteiger partial charge in [0.15, 0.2) is 0 Å². The largest absolute Gasteiger partial charge is 0.380 e. The van der Waals surface area contributed by atoms with E-state index in [0.717, 1.165) is 26.1 Å². The van der Waals surface area contributed by atoms with Gasteiger partial charge < -0.3 is 14.6 Å². The van der Waals surface area contributed by atoms with E-state index in [-0.39, 0.29) is 0 Å². The van der Waals surface area contributed by atoms with Gasteiger partial charge in [0, 0.05) is 32.6 Å². The molecule has 4 nitrogen and oxygen atoms in total. The predicted molar refractivity (Wildman–Crippen MR) is 75.7 cm³/mol. The van der Waals surface area contributed by atoms with Crippen LogP contribution < -0.4 is 5.32 Å². The van der Waals surface area contributed by atoms with Crippen LogP contribution in [0.3, 0.4) is 0 Å². The van der Waals surface area contributed by atoms with Gasteiger partial charge in [0.25, 0.3) is 0 Å². The van der Waals surface area contributed by atoms with Crippen molar-refractivity contribution < 1.29 is 4.74 Å². The number of nitrogens with zero attached hydrogens (tertiary/aromatic N) is 2. The normalized spacial score (nSPS) is 10.8. The molecule has 0 spiro atoms. The van der Waals surface area contributed by atoms with Crippen molar-refractivity contribution in [2.24, 2.45) is 0 Å². The predicted octanol–water partition coefficient (Wildman–Crippen LogP) is 2.21. The lowest BCUT2D eigenvalue weighted by atomic mass is 10.1. The number of ether oxygens (including phenoxy) is 1. The van der Waals surface area contributed by atoms with Crippen LogP contribution >= 0.6 is 0 Å². The monoisotopic (exact) mass is 259 g/mol. The van der Waals surface area contributed by atoms with E-state index < -0.39 is 0 Å². The van der Waals surface area contributed by atoms with Crippen LogP contribution in [0.25, 0.3) is 0 Å². The maximum Gasteiger partial charge on any atom is 0.0945 e. The third kappa shape index (κ3) is 4.85. The second-order valence-corrected chi connectivity index (χ2v) is 4.58. The Kier molecular flexibility index (Phi) is 5.59.